The van der Waals surface area contributed by atoms with Gasteiger partial charge >= 0.3 is 0 Å². The number of nitrogens with zero attached hydrogens (tertiary/aromatic N) is 1. The molecule has 2 unspecified atom stereocenters. The first kappa shape index (κ1) is 15.8. The highest BCUT2D eigenvalue weighted by molar-refractivity contribution is 5.16. The summed E-state index contributed by atoms with van der Waals surface area (Å²) in [7, 11) is 0. The van der Waals surface area contributed by atoms with Crippen molar-refractivity contribution >= 4 is 0 Å². The van der Waals surface area contributed by atoms with E-state index in [2.05, 4.69) is 25.2 Å². The molecule has 2 saturated carbocycles. The van der Waals surface area contributed by atoms with Crippen molar-refractivity contribution in [3.63, 3.8) is 0 Å². The summed E-state index contributed by atoms with van der Waals surface area (Å²) < 4.78 is 5.77. The Morgan fingerprint density at radius 2 is 2.10 bits per heavy atom. The van der Waals surface area contributed by atoms with Crippen molar-refractivity contribution in [3.8, 4) is 6.07 Å². The summed E-state index contributed by atoms with van der Waals surface area (Å²) >= 11 is 0. The number of nitriles is 1. The van der Waals surface area contributed by atoms with Gasteiger partial charge < -0.3 is 4.74 Å². The van der Waals surface area contributed by atoms with Crippen LogP contribution < -0.4 is 5.32 Å². The normalized spacial score (nSPS) is 29.8. The van der Waals surface area contributed by atoms with Crippen LogP contribution in [0, 0.1) is 23.2 Å². The number of ether oxygens (including phenoxy) is 1. The van der Waals surface area contributed by atoms with Crippen LogP contribution in [0.1, 0.15) is 65.2 Å². The highest BCUT2D eigenvalue weighted by Crippen LogP contribution is 2.40. The number of nitrogens with one attached hydrogen (secondary N) is 1. The minimum Gasteiger partial charge on any atom is -0.381 e. The van der Waals surface area contributed by atoms with Gasteiger partial charge in [-0.25, -0.2) is 0 Å². The van der Waals surface area contributed by atoms with Gasteiger partial charge in [0.1, 0.15) is 5.54 Å². The average molecular weight is 278 g/mol. The van der Waals surface area contributed by atoms with Crippen molar-refractivity contribution < 1.29 is 4.74 Å². The molecule has 0 aromatic carbocycles. The van der Waals surface area contributed by atoms with Crippen molar-refractivity contribution in [1.29, 1.82) is 5.26 Å². The molecule has 0 aromatic heterocycles. The van der Waals surface area contributed by atoms with Crippen LogP contribution in [0.4, 0.5) is 0 Å². The lowest BCUT2D eigenvalue weighted by Crippen LogP contribution is -2.48. The number of hydrogen-bond donors (Lipinski definition) is 1. The van der Waals surface area contributed by atoms with E-state index in [9.17, 15) is 5.26 Å². The molecule has 2 fully saturated rings. The van der Waals surface area contributed by atoms with E-state index in [0.717, 1.165) is 38.4 Å². The molecule has 0 amide bonds. The van der Waals surface area contributed by atoms with Crippen molar-refractivity contribution in [1.82, 2.24) is 5.32 Å². The Morgan fingerprint density at radius 1 is 1.30 bits per heavy atom. The first-order chi connectivity index (χ1) is 9.66. The highest BCUT2D eigenvalue weighted by Gasteiger charge is 2.45. The van der Waals surface area contributed by atoms with Gasteiger partial charge in [0.15, 0.2) is 0 Å². The van der Waals surface area contributed by atoms with Gasteiger partial charge in [0, 0.05) is 19.3 Å². The van der Waals surface area contributed by atoms with E-state index >= 15 is 0 Å². The summed E-state index contributed by atoms with van der Waals surface area (Å²) in [5.74, 6) is 1.25. The zero-order valence-corrected chi connectivity index (χ0v) is 13.2. The zero-order chi connectivity index (χ0) is 14.4. The maximum Gasteiger partial charge on any atom is 0.109 e. The molecule has 3 heteroatoms. The Balaban J connectivity index is 1.67. The van der Waals surface area contributed by atoms with Crippen molar-refractivity contribution in [2.45, 2.75) is 76.8 Å². The standard InChI is InChI=1S/C17H30N2O/c1-14(2)5-4-11-20-12-9-15-6-3-10-17(15,13-18)19-16-7-8-16/h14-16,19H,3-12H2,1-2H3. The molecule has 2 atom stereocenters. The van der Waals surface area contributed by atoms with E-state index in [0.29, 0.717) is 12.0 Å². The van der Waals surface area contributed by atoms with Crippen LogP contribution in [0.5, 0.6) is 0 Å². The molecule has 1 N–H and O–H groups in total. The molecule has 0 spiro atoms. The molecule has 3 nitrogen and oxygen atoms in total. The Kier molecular flexibility index (Phi) is 5.86. The summed E-state index contributed by atoms with van der Waals surface area (Å²) in [6, 6.07) is 3.21. The molecule has 0 heterocycles. The third-order valence-corrected chi connectivity index (χ3v) is 4.74. The van der Waals surface area contributed by atoms with Crippen LogP contribution in [0.3, 0.4) is 0 Å². The monoisotopic (exact) mass is 278 g/mol. The van der Waals surface area contributed by atoms with Gasteiger partial charge in [0.05, 0.1) is 6.07 Å². The molecule has 20 heavy (non-hydrogen) atoms. The minimum atomic E-state index is -0.248. The van der Waals surface area contributed by atoms with E-state index in [-0.39, 0.29) is 5.54 Å². The van der Waals surface area contributed by atoms with E-state index < -0.39 is 0 Å². The lowest BCUT2D eigenvalue weighted by molar-refractivity contribution is 0.106. The molecule has 114 valence electrons. The fourth-order valence-electron chi connectivity index (χ4n) is 3.35. The van der Waals surface area contributed by atoms with Gasteiger partial charge in [-0.3, -0.25) is 5.32 Å². The SMILES string of the molecule is CC(C)CCCOCCC1CCCC1(C#N)NC1CC1. The molecule has 2 rings (SSSR count). The van der Waals surface area contributed by atoms with Gasteiger partial charge in [-0.2, -0.15) is 5.26 Å². The van der Waals surface area contributed by atoms with Crippen LogP contribution >= 0.6 is 0 Å². The second-order valence-electron chi connectivity index (χ2n) is 7.03. The number of hydrogen-bond acceptors (Lipinski definition) is 3. The topological polar surface area (TPSA) is 45.0 Å². The fraction of sp³-hybridized carbons (Fsp3) is 0.941. The van der Waals surface area contributed by atoms with Crippen molar-refractivity contribution in [2.75, 3.05) is 13.2 Å². The molecular formula is C17H30N2O. The molecule has 0 aromatic rings. The maximum atomic E-state index is 9.61. The molecule has 0 saturated heterocycles. The highest BCUT2D eigenvalue weighted by atomic mass is 16.5. The largest absolute Gasteiger partial charge is 0.381 e. The van der Waals surface area contributed by atoms with Crippen molar-refractivity contribution in [3.05, 3.63) is 0 Å². The Bertz CT molecular complexity index is 332. The Morgan fingerprint density at radius 3 is 2.75 bits per heavy atom. The van der Waals surface area contributed by atoms with Crippen LogP contribution in [0.15, 0.2) is 0 Å². The van der Waals surface area contributed by atoms with Crippen LogP contribution in [0.25, 0.3) is 0 Å². The number of rotatable bonds is 9. The fourth-order valence-corrected chi connectivity index (χ4v) is 3.35. The van der Waals surface area contributed by atoms with Crippen LogP contribution in [0.2, 0.25) is 0 Å². The van der Waals surface area contributed by atoms with E-state index in [4.69, 9.17) is 4.74 Å². The smallest absolute Gasteiger partial charge is 0.109 e. The van der Waals surface area contributed by atoms with Gasteiger partial charge in [0.25, 0.3) is 0 Å². The van der Waals surface area contributed by atoms with Gasteiger partial charge in [-0.1, -0.05) is 20.3 Å². The summed E-state index contributed by atoms with van der Waals surface area (Å²) in [6.07, 6.45) is 9.34. The summed E-state index contributed by atoms with van der Waals surface area (Å²) in [5.41, 5.74) is -0.248. The summed E-state index contributed by atoms with van der Waals surface area (Å²) in [4.78, 5) is 0. The van der Waals surface area contributed by atoms with Gasteiger partial charge in [-0.05, 0) is 56.8 Å². The molecule has 2 aliphatic rings. The molecule has 0 radical (unpaired) electrons. The quantitative estimate of drug-likeness (QED) is 0.655. The predicted molar refractivity (Wildman–Crippen MR) is 81.4 cm³/mol. The molecule has 0 aliphatic heterocycles. The first-order valence-electron chi connectivity index (χ1n) is 8.43. The third kappa shape index (κ3) is 4.46. The Hall–Kier alpha value is -0.590. The van der Waals surface area contributed by atoms with E-state index in [1.807, 2.05) is 0 Å². The summed E-state index contributed by atoms with van der Waals surface area (Å²) in [6.45, 7) is 6.20. The average Bonchev–Trinajstić information content (AvgIpc) is 3.14. The minimum absolute atomic E-state index is 0.248. The van der Waals surface area contributed by atoms with Gasteiger partial charge in [-0.15, -0.1) is 0 Å². The van der Waals surface area contributed by atoms with Crippen molar-refractivity contribution in [2.24, 2.45) is 11.8 Å². The summed E-state index contributed by atoms with van der Waals surface area (Å²) in [5, 5.41) is 13.2. The predicted octanol–water partition coefficient (Wildman–Crippen LogP) is 3.64. The first-order valence-corrected chi connectivity index (χ1v) is 8.43. The lowest BCUT2D eigenvalue weighted by atomic mass is 9.86. The second-order valence-corrected chi connectivity index (χ2v) is 7.03. The molecule has 0 bridgehead atoms. The van der Waals surface area contributed by atoms with Crippen LogP contribution in [-0.4, -0.2) is 24.8 Å². The zero-order valence-electron chi connectivity index (χ0n) is 13.2. The van der Waals surface area contributed by atoms with Crippen LogP contribution in [-0.2, 0) is 4.74 Å². The maximum absolute atomic E-state index is 9.61. The second kappa shape index (κ2) is 7.43. The lowest BCUT2D eigenvalue weighted by Gasteiger charge is -2.30. The van der Waals surface area contributed by atoms with E-state index in [1.165, 1.54) is 32.1 Å². The van der Waals surface area contributed by atoms with Gasteiger partial charge in [0.2, 0.25) is 0 Å². The van der Waals surface area contributed by atoms with E-state index in [1.54, 1.807) is 0 Å². The third-order valence-electron chi connectivity index (χ3n) is 4.74. The molecule has 2 aliphatic carbocycles. The molecular weight excluding hydrogens is 248 g/mol. The Labute approximate surface area is 124 Å².